The second-order valence-corrected chi connectivity index (χ2v) is 5.54. The Bertz CT molecular complexity index is 768. The lowest BCUT2D eigenvalue weighted by Gasteiger charge is -2.11. The highest BCUT2D eigenvalue weighted by Gasteiger charge is 2.28. The van der Waals surface area contributed by atoms with Crippen molar-refractivity contribution in [2.75, 3.05) is 13.1 Å². The summed E-state index contributed by atoms with van der Waals surface area (Å²) in [5, 5.41) is 22.0. The lowest BCUT2D eigenvalue weighted by atomic mass is 10.0. The molecule has 0 aliphatic carbocycles. The van der Waals surface area contributed by atoms with Crippen LogP contribution in [0.1, 0.15) is 34.7 Å². The Balaban J connectivity index is 1.93. The number of rotatable bonds is 8. The highest BCUT2D eigenvalue weighted by molar-refractivity contribution is 5.29. The van der Waals surface area contributed by atoms with Crippen molar-refractivity contribution in [3.63, 3.8) is 0 Å². The molecule has 3 heterocycles. The SMILES string of the molecule is O=[N+]([O-])CC(c1ccc(C(C[N+](=O)[O-])c2ccco2)[nH]1)c1ccco1. The molecule has 0 aromatic carbocycles. The quantitative estimate of drug-likeness (QED) is 0.493. The zero-order valence-electron chi connectivity index (χ0n) is 13.0. The van der Waals surface area contributed by atoms with Crippen LogP contribution in [0.25, 0.3) is 0 Å². The highest BCUT2D eigenvalue weighted by atomic mass is 16.6. The molecule has 0 aliphatic rings. The van der Waals surface area contributed by atoms with Gasteiger partial charge < -0.3 is 13.8 Å². The average molecular weight is 345 g/mol. The molecule has 0 amide bonds. The van der Waals surface area contributed by atoms with Gasteiger partial charge in [-0.2, -0.15) is 0 Å². The summed E-state index contributed by atoms with van der Waals surface area (Å²) in [6.45, 7) is -0.706. The minimum Gasteiger partial charge on any atom is -0.468 e. The van der Waals surface area contributed by atoms with E-state index in [1.54, 1.807) is 36.4 Å². The molecule has 2 atom stereocenters. The minimum atomic E-state index is -0.605. The third-order valence-corrected chi connectivity index (χ3v) is 3.92. The first kappa shape index (κ1) is 16.5. The van der Waals surface area contributed by atoms with Gasteiger partial charge in [0, 0.05) is 21.2 Å². The molecule has 0 spiro atoms. The molecule has 2 unspecified atom stereocenters. The van der Waals surface area contributed by atoms with E-state index in [1.807, 2.05) is 0 Å². The summed E-state index contributed by atoms with van der Waals surface area (Å²) in [5.41, 5.74) is 1.11. The fraction of sp³-hybridized carbons (Fsp3) is 0.250. The van der Waals surface area contributed by atoms with E-state index in [-0.39, 0.29) is 13.1 Å². The molecule has 3 rings (SSSR count). The number of aromatic amines is 1. The minimum absolute atomic E-state index is 0.353. The second kappa shape index (κ2) is 7.04. The number of nitrogens with zero attached hydrogens (tertiary/aromatic N) is 2. The maximum Gasteiger partial charge on any atom is 0.219 e. The first-order valence-corrected chi connectivity index (χ1v) is 7.53. The highest BCUT2D eigenvalue weighted by Crippen LogP contribution is 2.29. The van der Waals surface area contributed by atoms with E-state index in [0.717, 1.165) is 0 Å². The van der Waals surface area contributed by atoms with Gasteiger partial charge in [0.15, 0.2) is 0 Å². The van der Waals surface area contributed by atoms with E-state index in [4.69, 9.17) is 8.83 Å². The number of hydrogen-bond acceptors (Lipinski definition) is 6. The molecule has 0 saturated carbocycles. The molecule has 0 bridgehead atoms. The average Bonchev–Trinajstić information content (AvgIpc) is 3.32. The van der Waals surface area contributed by atoms with Gasteiger partial charge >= 0.3 is 0 Å². The fourth-order valence-electron chi connectivity index (χ4n) is 2.80. The molecule has 3 aromatic rings. The zero-order valence-corrected chi connectivity index (χ0v) is 13.0. The van der Waals surface area contributed by atoms with Gasteiger partial charge in [0.2, 0.25) is 13.1 Å². The summed E-state index contributed by atoms with van der Waals surface area (Å²) in [6, 6.07) is 10.0. The van der Waals surface area contributed by atoms with Crippen LogP contribution in [0.5, 0.6) is 0 Å². The van der Waals surface area contributed by atoms with E-state index >= 15 is 0 Å². The fourth-order valence-corrected chi connectivity index (χ4v) is 2.80. The summed E-state index contributed by atoms with van der Waals surface area (Å²) in [5.74, 6) is -0.305. The Morgan fingerprint density at radius 3 is 1.60 bits per heavy atom. The van der Waals surface area contributed by atoms with E-state index in [0.29, 0.717) is 22.9 Å². The van der Waals surface area contributed by atoms with Gasteiger partial charge in [-0.1, -0.05) is 0 Å². The second-order valence-electron chi connectivity index (χ2n) is 5.54. The smallest absolute Gasteiger partial charge is 0.219 e. The molecule has 0 aliphatic heterocycles. The van der Waals surface area contributed by atoms with Crippen molar-refractivity contribution in [3.05, 3.63) is 92.1 Å². The van der Waals surface area contributed by atoms with Gasteiger partial charge in [-0.05, 0) is 36.4 Å². The first-order chi connectivity index (χ1) is 12.0. The van der Waals surface area contributed by atoms with E-state index < -0.39 is 21.7 Å². The van der Waals surface area contributed by atoms with Crippen molar-refractivity contribution in [1.29, 1.82) is 0 Å². The zero-order chi connectivity index (χ0) is 17.8. The third kappa shape index (κ3) is 3.77. The predicted molar refractivity (Wildman–Crippen MR) is 85.6 cm³/mol. The third-order valence-electron chi connectivity index (χ3n) is 3.92. The molecular formula is C16H15N3O6. The normalized spacial score (nSPS) is 13.4. The number of nitrogens with one attached hydrogen (secondary N) is 1. The lowest BCUT2D eigenvalue weighted by Crippen LogP contribution is -2.16. The number of nitro groups is 2. The van der Waals surface area contributed by atoms with Crippen LogP contribution in [0, 0.1) is 20.2 Å². The van der Waals surface area contributed by atoms with Gasteiger partial charge in [0.05, 0.1) is 12.5 Å². The molecular weight excluding hydrogens is 330 g/mol. The van der Waals surface area contributed by atoms with Crippen molar-refractivity contribution in [1.82, 2.24) is 4.98 Å². The molecule has 0 radical (unpaired) electrons. The summed E-state index contributed by atoms with van der Waals surface area (Å²) < 4.78 is 10.6. The van der Waals surface area contributed by atoms with E-state index in [9.17, 15) is 20.2 Å². The molecule has 0 fully saturated rings. The van der Waals surface area contributed by atoms with Crippen LogP contribution in [-0.2, 0) is 0 Å². The topological polar surface area (TPSA) is 128 Å². The van der Waals surface area contributed by atoms with Crippen molar-refractivity contribution in [2.45, 2.75) is 11.8 Å². The monoisotopic (exact) mass is 345 g/mol. The summed E-state index contributed by atoms with van der Waals surface area (Å²) in [4.78, 5) is 24.2. The molecule has 130 valence electrons. The largest absolute Gasteiger partial charge is 0.468 e. The van der Waals surface area contributed by atoms with Gasteiger partial charge in [-0.3, -0.25) is 20.2 Å². The van der Waals surface area contributed by atoms with Crippen LogP contribution >= 0.6 is 0 Å². The Hall–Kier alpha value is -3.36. The molecule has 3 aromatic heterocycles. The van der Waals surface area contributed by atoms with E-state index in [1.165, 1.54) is 12.5 Å². The molecule has 9 heteroatoms. The van der Waals surface area contributed by atoms with Crippen LogP contribution in [0.4, 0.5) is 0 Å². The summed E-state index contributed by atoms with van der Waals surface area (Å²) in [7, 11) is 0. The van der Waals surface area contributed by atoms with Gasteiger partial charge in [0.25, 0.3) is 0 Å². The predicted octanol–water partition coefficient (Wildman–Crippen LogP) is 3.02. The first-order valence-electron chi connectivity index (χ1n) is 7.53. The molecule has 1 N–H and O–H groups in total. The van der Waals surface area contributed by atoms with Gasteiger partial charge in [-0.25, -0.2) is 0 Å². The van der Waals surface area contributed by atoms with Crippen molar-refractivity contribution in [3.8, 4) is 0 Å². The van der Waals surface area contributed by atoms with Crippen LogP contribution in [0.2, 0.25) is 0 Å². The number of H-pyrrole nitrogens is 1. The Kier molecular flexibility index (Phi) is 4.64. The van der Waals surface area contributed by atoms with Crippen molar-refractivity contribution < 1.29 is 18.7 Å². The summed E-state index contributed by atoms with van der Waals surface area (Å²) >= 11 is 0. The Morgan fingerprint density at radius 1 is 0.840 bits per heavy atom. The van der Waals surface area contributed by atoms with Crippen molar-refractivity contribution in [2.24, 2.45) is 0 Å². The Labute approximate surface area is 141 Å². The van der Waals surface area contributed by atoms with Crippen LogP contribution < -0.4 is 0 Å². The van der Waals surface area contributed by atoms with Gasteiger partial charge in [-0.15, -0.1) is 0 Å². The van der Waals surface area contributed by atoms with E-state index in [2.05, 4.69) is 4.98 Å². The lowest BCUT2D eigenvalue weighted by molar-refractivity contribution is -0.482. The molecule has 0 saturated heterocycles. The summed E-state index contributed by atoms with van der Waals surface area (Å²) in [6.07, 6.45) is 2.90. The maximum absolute atomic E-state index is 11.0. The maximum atomic E-state index is 11.0. The number of aromatic nitrogens is 1. The standard InChI is InChI=1S/C16H15N3O6/c20-18(21)9-11(15-3-1-7-24-15)13-5-6-14(17-13)12(10-19(22)23)16-4-2-8-25-16/h1-8,11-12,17H,9-10H2. The number of furan rings is 2. The number of hydrogen-bond donors (Lipinski definition) is 1. The van der Waals surface area contributed by atoms with Gasteiger partial charge in [0.1, 0.15) is 23.4 Å². The van der Waals surface area contributed by atoms with Crippen molar-refractivity contribution >= 4 is 0 Å². The Morgan fingerprint density at radius 2 is 1.28 bits per heavy atom. The van der Waals surface area contributed by atoms with Crippen LogP contribution in [0.3, 0.4) is 0 Å². The van der Waals surface area contributed by atoms with Crippen LogP contribution in [0.15, 0.2) is 57.8 Å². The molecule has 25 heavy (non-hydrogen) atoms. The molecule has 9 nitrogen and oxygen atoms in total. The van der Waals surface area contributed by atoms with Crippen LogP contribution in [-0.4, -0.2) is 27.9 Å².